The monoisotopic (exact) mass is 287 g/mol. The van der Waals surface area contributed by atoms with Crippen molar-refractivity contribution in [2.75, 3.05) is 6.61 Å². The molecule has 0 saturated carbocycles. The number of halogens is 3. The van der Waals surface area contributed by atoms with Gasteiger partial charge >= 0.3 is 5.97 Å². The summed E-state index contributed by atoms with van der Waals surface area (Å²) < 4.78 is 30.2. The molecule has 0 aliphatic heterocycles. The van der Waals surface area contributed by atoms with E-state index in [2.05, 4.69) is 0 Å². The Bertz CT molecular complexity index is 512. The van der Waals surface area contributed by atoms with Crippen molar-refractivity contribution in [2.45, 2.75) is 25.7 Å². The van der Waals surface area contributed by atoms with Gasteiger partial charge in [-0.1, -0.05) is 0 Å². The lowest BCUT2D eigenvalue weighted by Gasteiger charge is -2.11. The Balaban J connectivity index is 3.23. The fourth-order valence-electron chi connectivity index (χ4n) is 1.68. The number of carbonyl (C=O) groups excluding carboxylic acids is 1. The molecule has 1 rings (SSSR count). The zero-order valence-corrected chi connectivity index (χ0v) is 11.0. The summed E-state index contributed by atoms with van der Waals surface area (Å²) in [5.74, 6) is -0.634. The summed E-state index contributed by atoms with van der Waals surface area (Å²) in [5, 5.41) is 9.05. The highest BCUT2D eigenvalue weighted by atomic mass is 35.5. The molecule has 0 aliphatic carbocycles. The van der Waals surface area contributed by atoms with Gasteiger partial charge in [-0.25, -0.2) is 8.78 Å². The fourth-order valence-corrected chi connectivity index (χ4v) is 1.89. The Morgan fingerprint density at radius 2 is 2.11 bits per heavy atom. The van der Waals surface area contributed by atoms with Crippen LogP contribution in [-0.2, 0) is 21.8 Å². The molecule has 0 N–H and O–H groups in total. The first-order valence-electron chi connectivity index (χ1n) is 5.59. The van der Waals surface area contributed by atoms with E-state index in [4.69, 9.17) is 21.6 Å². The number of carbonyl (C=O) groups is 1. The van der Waals surface area contributed by atoms with Gasteiger partial charge in [0, 0.05) is 11.4 Å². The maximum atomic E-state index is 12.7. The summed E-state index contributed by atoms with van der Waals surface area (Å²) in [7, 11) is 0. The van der Waals surface area contributed by atoms with Crippen molar-refractivity contribution in [3.05, 3.63) is 34.4 Å². The molecule has 0 saturated heterocycles. The van der Waals surface area contributed by atoms with Crippen molar-refractivity contribution in [2.24, 2.45) is 0 Å². The highest BCUT2D eigenvalue weighted by molar-refractivity contribution is 6.17. The summed E-state index contributed by atoms with van der Waals surface area (Å²) in [6.07, 6.45) is -2.91. The molecule has 102 valence electrons. The molecule has 0 spiro atoms. The quantitative estimate of drug-likeness (QED) is 0.616. The first kappa shape index (κ1) is 15.4. The molecule has 1 aromatic rings. The van der Waals surface area contributed by atoms with Gasteiger partial charge in [0.15, 0.2) is 0 Å². The van der Waals surface area contributed by atoms with Crippen LogP contribution in [0.5, 0.6) is 0 Å². The van der Waals surface area contributed by atoms with E-state index in [-0.39, 0.29) is 35.6 Å². The average Bonchev–Trinajstić information content (AvgIpc) is 2.37. The third-order valence-electron chi connectivity index (χ3n) is 2.47. The molecule has 0 aliphatic rings. The molecule has 1 aromatic carbocycles. The molecule has 19 heavy (non-hydrogen) atoms. The second-order valence-electron chi connectivity index (χ2n) is 3.74. The van der Waals surface area contributed by atoms with Crippen LogP contribution in [0.25, 0.3) is 0 Å². The molecule has 0 heterocycles. The minimum absolute atomic E-state index is 0.0702. The minimum Gasteiger partial charge on any atom is -0.466 e. The van der Waals surface area contributed by atoms with Crippen molar-refractivity contribution in [3.8, 4) is 6.07 Å². The molecule has 0 radical (unpaired) electrons. The van der Waals surface area contributed by atoms with E-state index < -0.39 is 12.4 Å². The Morgan fingerprint density at radius 1 is 1.47 bits per heavy atom. The summed E-state index contributed by atoms with van der Waals surface area (Å²) >= 11 is 5.64. The van der Waals surface area contributed by atoms with Crippen molar-refractivity contribution >= 4 is 17.6 Å². The number of esters is 1. The Morgan fingerprint density at radius 3 is 2.58 bits per heavy atom. The lowest BCUT2D eigenvalue weighted by Crippen LogP contribution is -2.10. The van der Waals surface area contributed by atoms with Gasteiger partial charge in [0.05, 0.1) is 24.7 Å². The third kappa shape index (κ3) is 3.90. The van der Waals surface area contributed by atoms with Gasteiger partial charge in [-0.2, -0.15) is 5.26 Å². The Kier molecular flexibility index (Phi) is 5.71. The molecular formula is C13H12ClF2NO2. The van der Waals surface area contributed by atoms with E-state index >= 15 is 0 Å². The van der Waals surface area contributed by atoms with Gasteiger partial charge in [-0.15, -0.1) is 11.6 Å². The molecule has 0 fully saturated rings. The van der Waals surface area contributed by atoms with E-state index in [9.17, 15) is 13.6 Å². The third-order valence-corrected chi connectivity index (χ3v) is 2.76. The second kappa shape index (κ2) is 7.05. The molecule has 0 atom stereocenters. The van der Waals surface area contributed by atoms with Crippen molar-refractivity contribution in [1.29, 1.82) is 5.26 Å². The number of rotatable bonds is 5. The smallest absolute Gasteiger partial charge is 0.310 e. The molecule has 0 aromatic heterocycles. The molecule has 3 nitrogen and oxygen atoms in total. The Labute approximate surface area is 114 Å². The predicted octanol–water partition coefficient (Wildman–Crippen LogP) is 3.34. The van der Waals surface area contributed by atoms with E-state index in [0.717, 1.165) is 6.07 Å². The van der Waals surface area contributed by atoms with Crippen LogP contribution in [0.15, 0.2) is 12.1 Å². The van der Waals surface area contributed by atoms with Crippen LogP contribution >= 0.6 is 11.6 Å². The average molecular weight is 288 g/mol. The minimum atomic E-state index is -2.68. The number of hydrogen-bond donors (Lipinski definition) is 0. The number of nitrogens with zero attached hydrogens (tertiary/aromatic N) is 1. The summed E-state index contributed by atoms with van der Waals surface area (Å²) in [6.45, 7) is 1.83. The highest BCUT2D eigenvalue weighted by Gasteiger charge is 2.17. The molecule has 0 unspecified atom stereocenters. The first-order valence-corrected chi connectivity index (χ1v) is 6.12. The van der Waals surface area contributed by atoms with E-state index in [1.54, 1.807) is 6.92 Å². The van der Waals surface area contributed by atoms with Crippen LogP contribution < -0.4 is 0 Å². The van der Waals surface area contributed by atoms with Crippen LogP contribution in [0.4, 0.5) is 8.78 Å². The van der Waals surface area contributed by atoms with Gasteiger partial charge in [0.1, 0.15) is 0 Å². The number of nitriles is 1. The van der Waals surface area contributed by atoms with Gasteiger partial charge in [-0.3, -0.25) is 4.79 Å². The van der Waals surface area contributed by atoms with E-state index in [1.807, 2.05) is 6.07 Å². The molecular weight excluding hydrogens is 276 g/mol. The highest BCUT2D eigenvalue weighted by Crippen LogP contribution is 2.26. The zero-order valence-electron chi connectivity index (χ0n) is 10.3. The van der Waals surface area contributed by atoms with Gasteiger partial charge in [0.25, 0.3) is 6.43 Å². The number of ether oxygens (including phenoxy) is 1. The maximum Gasteiger partial charge on any atom is 0.310 e. The number of alkyl halides is 3. The van der Waals surface area contributed by atoms with Crippen molar-refractivity contribution < 1.29 is 18.3 Å². The molecule has 0 amide bonds. The van der Waals surface area contributed by atoms with Gasteiger partial charge in [0.2, 0.25) is 0 Å². The van der Waals surface area contributed by atoms with Crippen LogP contribution in [0.3, 0.4) is 0 Å². The predicted molar refractivity (Wildman–Crippen MR) is 66.0 cm³/mol. The zero-order chi connectivity index (χ0) is 14.4. The van der Waals surface area contributed by atoms with Crippen molar-refractivity contribution in [3.63, 3.8) is 0 Å². The fraction of sp³-hybridized carbons (Fsp3) is 0.385. The van der Waals surface area contributed by atoms with Crippen molar-refractivity contribution in [1.82, 2.24) is 0 Å². The molecule has 6 heteroatoms. The summed E-state index contributed by atoms with van der Waals surface area (Å²) in [6, 6.07) is 4.23. The number of benzene rings is 1. The topological polar surface area (TPSA) is 50.1 Å². The summed E-state index contributed by atoms with van der Waals surface area (Å²) in [5.41, 5.74) is 0.414. The SMILES string of the molecule is CCOC(=O)Cc1cc(C(F)F)cc(CCl)c1C#N. The first-order chi connectivity index (χ1) is 9.03. The van der Waals surface area contributed by atoms with Crippen LogP contribution in [0.1, 0.15) is 35.6 Å². The van der Waals surface area contributed by atoms with Crippen LogP contribution in [0.2, 0.25) is 0 Å². The summed E-state index contributed by atoms with van der Waals surface area (Å²) in [4.78, 5) is 11.4. The van der Waals surface area contributed by atoms with Crippen LogP contribution in [-0.4, -0.2) is 12.6 Å². The molecule has 0 bridgehead atoms. The lowest BCUT2D eigenvalue weighted by atomic mass is 9.97. The standard InChI is InChI=1S/C13H12ClF2NO2/c1-2-19-12(18)5-8-3-9(13(15)16)4-10(6-14)11(8)7-17/h3-4,13H,2,5-6H2,1H3. The maximum absolute atomic E-state index is 12.7. The normalized spacial score (nSPS) is 10.3. The van der Waals surface area contributed by atoms with Crippen LogP contribution in [0, 0.1) is 11.3 Å². The Hall–Kier alpha value is -1.67. The second-order valence-corrected chi connectivity index (χ2v) is 4.01. The van der Waals surface area contributed by atoms with E-state index in [0.29, 0.717) is 5.56 Å². The van der Waals surface area contributed by atoms with Gasteiger partial charge in [-0.05, 0) is 30.2 Å². The number of hydrogen-bond acceptors (Lipinski definition) is 3. The van der Waals surface area contributed by atoms with Gasteiger partial charge < -0.3 is 4.74 Å². The largest absolute Gasteiger partial charge is 0.466 e. The lowest BCUT2D eigenvalue weighted by molar-refractivity contribution is -0.142. The van der Waals surface area contributed by atoms with E-state index in [1.165, 1.54) is 6.07 Å².